The molecule has 0 aliphatic carbocycles. The summed E-state index contributed by atoms with van der Waals surface area (Å²) in [6, 6.07) is 25.0. The number of hydrogen-bond donors (Lipinski definition) is 1. The van der Waals surface area contributed by atoms with Gasteiger partial charge in [-0.25, -0.2) is 0 Å². The molecule has 31 heavy (non-hydrogen) atoms. The van der Waals surface area contributed by atoms with Crippen molar-refractivity contribution in [2.24, 2.45) is 0 Å². The van der Waals surface area contributed by atoms with Crippen LogP contribution in [0.1, 0.15) is 24.9 Å². The van der Waals surface area contributed by atoms with Crippen LogP contribution in [0.3, 0.4) is 0 Å². The standard InChI is InChI=1S/C27H28NO3/c1-20(21-7-4-3-5-8-21)28-18-23-17-25(31-16-6-15-29)13-14-26(23)27(19-28)22-9-11-24(30-2)12-10-22/h3-5,7-14,17-20,29H,6,15-16H2,1-2H3/q+1. The van der Waals surface area contributed by atoms with Crippen LogP contribution >= 0.6 is 0 Å². The Morgan fingerprint density at radius 1 is 0.903 bits per heavy atom. The zero-order valence-electron chi connectivity index (χ0n) is 18.0. The first kappa shape index (κ1) is 20.9. The smallest absolute Gasteiger partial charge is 0.180 e. The monoisotopic (exact) mass is 414 g/mol. The molecule has 1 heterocycles. The van der Waals surface area contributed by atoms with Gasteiger partial charge in [-0.05, 0) is 35.9 Å². The first-order valence-corrected chi connectivity index (χ1v) is 10.6. The Hall–Kier alpha value is -3.37. The third-order valence-electron chi connectivity index (χ3n) is 5.58. The van der Waals surface area contributed by atoms with Gasteiger partial charge >= 0.3 is 0 Å². The number of rotatable bonds is 8. The summed E-state index contributed by atoms with van der Waals surface area (Å²) < 4.78 is 13.4. The number of aromatic nitrogens is 1. The van der Waals surface area contributed by atoms with Gasteiger partial charge in [0.1, 0.15) is 11.5 Å². The van der Waals surface area contributed by atoms with Crippen molar-refractivity contribution >= 4 is 10.8 Å². The maximum absolute atomic E-state index is 9.03. The van der Waals surface area contributed by atoms with E-state index in [1.54, 1.807) is 7.11 Å². The molecule has 0 saturated carbocycles. The van der Waals surface area contributed by atoms with Gasteiger partial charge in [-0.2, -0.15) is 4.57 Å². The highest BCUT2D eigenvalue weighted by Gasteiger charge is 2.19. The second kappa shape index (κ2) is 9.63. The fourth-order valence-electron chi connectivity index (χ4n) is 3.78. The van der Waals surface area contributed by atoms with Crippen LogP contribution in [0.25, 0.3) is 21.9 Å². The number of benzene rings is 3. The summed E-state index contributed by atoms with van der Waals surface area (Å²) in [5, 5.41) is 11.3. The van der Waals surface area contributed by atoms with Crippen molar-refractivity contribution in [3.63, 3.8) is 0 Å². The summed E-state index contributed by atoms with van der Waals surface area (Å²) in [5.41, 5.74) is 3.54. The van der Waals surface area contributed by atoms with Crippen LogP contribution in [0.2, 0.25) is 0 Å². The van der Waals surface area contributed by atoms with Gasteiger partial charge in [-0.1, -0.05) is 42.5 Å². The van der Waals surface area contributed by atoms with Crippen LogP contribution in [0.5, 0.6) is 11.5 Å². The molecule has 1 atom stereocenters. The van der Waals surface area contributed by atoms with Gasteiger partial charge in [0.25, 0.3) is 0 Å². The van der Waals surface area contributed by atoms with Gasteiger partial charge in [-0.3, -0.25) is 0 Å². The summed E-state index contributed by atoms with van der Waals surface area (Å²) in [7, 11) is 1.68. The number of nitrogens with zero attached hydrogens (tertiary/aromatic N) is 1. The Balaban J connectivity index is 1.82. The minimum atomic E-state index is 0.129. The average molecular weight is 415 g/mol. The van der Waals surface area contributed by atoms with E-state index in [4.69, 9.17) is 14.6 Å². The largest absolute Gasteiger partial charge is 0.497 e. The fraction of sp³-hybridized carbons (Fsp3) is 0.222. The number of aliphatic hydroxyl groups excluding tert-OH is 1. The molecule has 158 valence electrons. The molecule has 1 N–H and O–H groups in total. The number of methoxy groups -OCH3 is 1. The molecule has 3 aromatic carbocycles. The zero-order chi connectivity index (χ0) is 21.6. The molecule has 0 spiro atoms. The number of ether oxygens (including phenoxy) is 2. The SMILES string of the molecule is COc1ccc(-c2c[n+](C(C)c3ccccc3)cc3cc(OCCCO)ccc23)cc1. The zero-order valence-corrected chi connectivity index (χ0v) is 18.0. The number of pyridine rings is 1. The molecule has 0 aliphatic heterocycles. The Labute approximate surface area is 183 Å². The van der Waals surface area contributed by atoms with E-state index in [1.165, 1.54) is 5.56 Å². The van der Waals surface area contributed by atoms with E-state index in [2.05, 4.69) is 72.4 Å². The van der Waals surface area contributed by atoms with Crippen LogP contribution in [-0.4, -0.2) is 25.4 Å². The summed E-state index contributed by atoms with van der Waals surface area (Å²) in [5.74, 6) is 1.65. The molecule has 0 aliphatic rings. The van der Waals surface area contributed by atoms with Crippen molar-refractivity contribution in [3.8, 4) is 22.6 Å². The lowest BCUT2D eigenvalue weighted by atomic mass is 9.99. The highest BCUT2D eigenvalue weighted by atomic mass is 16.5. The third-order valence-corrected chi connectivity index (χ3v) is 5.58. The van der Waals surface area contributed by atoms with Crippen LogP contribution in [-0.2, 0) is 0 Å². The van der Waals surface area contributed by atoms with Crippen molar-refractivity contribution in [1.82, 2.24) is 0 Å². The molecule has 4 heteroatoms. The lowest BCUT2D eigenvalue weighted by Gasteiger charge is -2.13. The minimum absolute atomic E-state index is 0.129. The molecule has 4 aromatic rings. The van der Waals surface area contributed by atoms with E-state index in [-0.39, 0.29) is 12.6 Å². The molecule has 0 radical (unpaired) electrons. The average Bonchev–Trinajstić information content (AvgIpc) is 2.83. The summed E-state index contributed by atoms with van der Waals surface area (Å²) in [4.78, 5) is 0. The maximum atomic E-state index is 9.03. The van der Waals surface area contributed by atoms with Crippen LogP contribution in [0.15, 0.2) is 85.2 Å². The van der Waals surface area contributed by atoms with Crippen molar-refractivity contribution < 1.29 is 19.1 Å². The van der Waals surface area contributed by atoms with Gasteiger partial charge in [0.05, 0.1) is 24.7 Å². The third kappa shape index (κ3) is 4.70. The highest BCUT2D eigenvalue weighted by molar-refractivity contribution is 5.95. The van der Waals surface area contributed by atoms with E-state index in [0.29, 0.717) is 13.0 Å². The van der Waals surface area contributed by atoms with Crippen LogP contribution < -0.4 is 14.0 Å². The first-order valence-electron chi connectivity index (χ1n) is 10.6. The predicted molar refractivity (Wildman–Crippen MR) is 124 cm³/mol. The van der Waals surface area contributed by atoms with E-state index >= 15 is 0 Å². The number of aliphatic hydroxyl groups is 1. The number of fused-ring (bicyclic) bond motifs is 1. The Kier molecular flexibility index (Phi) is 6.48. The maximum Gasteiger partial charge on any atom is 0.180 e. The molecule has 1 aromatic heterocycles. The lowest BCUT2D eigenvalue weighted by Crippen LogP contribution is -2.38. The second-order valence-corrected chi connectivity index (χ2v) is 7.61. The van der Waals surface area contributed by atoms with Gasteiger partial charge in [-0.15, -0.1) is 0 Å². The molecular formula is C27H28NO3+. The molecule has 1 unspecified atom stereocenters. The van der Waals surface area contributed by atoms with Crippen molar-refractivity contribution in [2.75, 3.05) is 20.3 Å². The van der Waals surface area contributed by atoms with E-state index in [1.807, 2.05) is 24.3 Å². The number of hydrogen-bond acceptors (Lipinski definition) is 3. The molecular weight excluding hydrogens is 386 g/mol. The second-order valence-electron chi connectivity index (χ2n) is 7.61. The summed E-state index contributed by atoms with van der Waals surface area (Å²) in [6.45, 7) is 2.84. The van der Waals surface area contributed by atoms with Gasteiger partial charge in [0.15, 0.2) is 18.4 Å². The molecule has 0 fully saturated rings. The molecule has 0 amide bonds. The van der Waals surface area contributed by atoms with Gasteiger partial charge in [0, 0.05) is 30.9 Å². The normalized spacial score (nSPS) is 12.0. The summed E-state index contributed by atoms with van der Waals surface area (Å²) >= 11 is 0. The van der Waals surface area contributed by atoms with Gasteiger partial charge < -0.3 is 14.6 Å². The van der Waals surface area contributed by atoms with Crippen LogP contribution in [0, 0.1) is 0 Å². The molecule has 4 nitrogen and oxygen atoms in total. The van der Waals surface area contributed by atoms with Crippen molar-refractivity contribution in [2.45, 2.75) is 19.4 Å². The van der Waals surface area contributed by atoms with E-state index < -0.39 is 0 Å². The Morgan fingerprint density at radius 3 is 2.35 bits per heavy atom. The Morgan fingerprint density at radius 2 is 1.65 bits per heavy atom. The molecule has 4 rings (SSSR count). The lowest BCUT2D eigenvalue weighted by molar-refractivity contribution is -0.708. The summed E-state index contributed by atoms with van der Waals surface area (Å²) in [6.07, 6.45) is 5.02. The van der Waals surface area contributed by atoms with Crippen molar-refractivity contribution in [1.29, 1.82) is 0 Å². The minimum Gasteiger partial charge on any atom is -0.497 e. The Bertz CT molecular complexity index is 1140. The predicted octanol–water partition coefficient (Wildman–Crippen LogP) is 5.17. The van der Waals surface area contributed by atoms with E-state index in [0.717, 1.165) is 33.4 Å². The topological polar surface area (TPSA) is 42.6 Å². The molecule has 0 bridgehead atoms. The van der Waals surface area contributed by atoms with Crippen LogP contribution in [0.4, 0.5) is 0 Å². The van der Waals surface area contributed by atoms with Gasteiger partial charge in [0.2, 0.25) is 0 Å². The molecule has 0 saturated heterocycles. The highest BCUT2D eigenvalue weighted by Crippen LogP contribution is 2.31. The van der Waals surface area contributed by atoms with Crippen molar-refractivity contribution in [3.05, 3.63) is 90.8 Å². The first-order chi connectivity index (χ1) is 15.2. The fourth-order valence-corrected chi connectivity index (χ4v) is 3.78. The van der Waals surface area contributed by atoms with E-state index in [9.17, 15) is 0 Å². The quantitative estimate of drug-likeness (QED) is 0.319.